The molecule has 0 saturated carbocycles. The molecular formula is C25H30N4O3. The fraction of sp³-hybridized carbons (Fsp3) is 0.480. The quantitative estimate of drug-likeness (QED) is 0.635. The molecule has 4 heterocycles. The Balaban J connectivity index is 1.56. The topological polar surface area (TPSA) is 84.5 Å². The van der Waals surface area contributed by atoms with Crippen LogP contribution in [0.1, 0.15) is 55.2 Å². The molecular weight excluding hydrogens is 404 g/mol. The standard InChI is InChI=1S/C25H30N4O3/c1-16(2)17-5-7-20(8-6-17)25(30,24(3)14-29(4)15-24)21-9-18(10-26-11-21)22-27-23(32-28-22)19-12-31-13-19/h5-11,16,19,30H,12-15H2,1-4H3. The van der Waals surface area contributed by atoms with Crippen molar-refractivity contribution in [1.29, 1.82) is 0 Å². The first-order chi connectivity index (χ1) is 15.3. The third-order valence-electron chi connectivity index (χ3n) is 6.95. The minimum Gasteiger partial charge on any atom is -0.380 e. The van der Waals surface area contributed by atoms with E-state index in [1.807, 2.05) is 6.07 Å². The van der Waals surface area contributed by atoms with Gasteiger partial charge in [-0.25, -0.2) is 0 Å². The number of benzene rings is 1. The second-order valence-electron chi connectivity index (χ2n) is 9.87. The Morgan fingerprint density at radius 3 is 2.44 bits per heavy atom. The third kappa shape index (κ3) is 3.36. The molecule has 1 atom stereocenters. The van der Waals surface area contributed by atoms with E-state index in [0.717, 1.165) is 29.8 Å². The molecule has 168 valence electrons. The van der Waals surface area contributed by atoms with Crippen LogP contribution >= 0.6 is 0 Å². The van der Waals surface area contributed by atoms with Gasteiger partial charge in [-0.05, 0) is 30.2 Å². The molecule has 3 aromatic rings. The number of pyridine rings is 1. The largest absolute Gasteiger partial charge is 0.380 e. The van der Waals surface area contributed by atoms with E-state index in [1.54, 1.807) is 12.4 Å². The van der Waals surface area contributed by atoms with Crippen molar-refractivity contribution in [2.45, 2.75) is 38.2 Å². The summed E-state index contributed by atoms with van der Waals surface area (Å²) in [6, 6.07) is 10.3. The highest BCUT2D eigenvalue weighted by Gasteiger charge is 2.55. The summed E-state index contributed by atoms with van der Waals surface area (Å²) < 4.78 is 10.7. The maximum Gasteiger partial charge on any atom is 0.234 e. The number of aromatic nitrogens is 3. The molecule has 0 bridgehead atoms. The van der Waals surface area contributed by atoms with Gasteiger partial charge in [0.15, 0.2) is 0 Å². The van der Waals surface area contributed by atoms with Gasteiger partial charge >= 0.3 is 0 Å². The Labute approximate surface area is 188 Å². The van der Waals surface area contributed by atoms with Crippen LogP contribution < -0.4 is 0 Å². The summed E-state index contributed by atoms with van der Waals surface area (Å²) in [6.45, 7) is 9.27. The van der Waals surface area contributed by atoms with Crippen LogP contribution in [0.25, 0.3) is 11.4 Å². The van der Waals surface area contributed by atoms with E-state index in [1.165, 1.54) is 5.56 Å². The van der Waals surface area contributed by atoms with Crippen LogP contribution in [0.5, 0.6) is 0 Å². The molecule has 32 heavy (non-hydrogen) atoms. The zero-order chi connectivity index (χ0) is 22.5. The second-order valence-corrected chi connectivity index (χ2v) is 9.87. The Morgan fingerprint density at radius 2 is 1.84 bits per heavy atom. The summed E-state index contributed by atoms with van der Waals surface area (Å²) in [7, 11) is 2.07. The van der Waals surface area contributed by atoms with Crippen LogP contribution in [0.4, 0.5) is 0 Å². The van der Waals surface area contributed by atoms with Crippen LogP contribution in [0.3, 0.4) is 0 Å². The molecule has 5 rings (SSSR count). The number of hydrogen-bond acceptors (Lipinski definition) is 7. The van der Waals surface area contributed by atoms with Gasteiger partial charge < -0.3 is 19.3 Å². The zero-order valence-corrected chi connectivity index (χ0v) is 19.1. The highest BCUT2D eigenvalue weighted by atomic mass is 16.5. The van der Waals surface area contributed by atoms with Gasteiger partial charge in [0, 0.05) is 42.0 Å². The summed E-state index contributed by atoms with van der Waals surface area (Å²) in [5.41, 5.74) is 2.03. The number of hydrogen-bond donors (Lipinski definition) is 1. The van der Waals surface area contributed by atoms with Crippen molar-refractivity contribution < 1.29 is 14.4 Å². The fourth-order valence-electron chi connectivity index (χ4n) is 5.00. The average molecular weight is 435 g/mol. The van der Waals surface area contributed by atoms with Gasteiger partial charge in [0.25, 0.3) is 0 Å². The van der Waals surface area contributed by atoms with Gasteiger partial charge in [0.05, 0.1) is 19.1 Å². The highest BCUT2D eigenvalue weighted by Crippen LogP contribution is 2.50. The first-order valence-electron chi connectivity index (χ1n) is 11.2. The predicted molar refractivity (Wildman–Crippen MR) is 120 cm³/mol. The number of aliphatic hydroxyl groups is 1. The lowest BCUT2D eigenvalue weighted by Crippen LogP contribution is -2.63. The van der Waals surface area contributed by atoms with Crippen molar-refractivity contribution in [3.05, 3.63) is 65.3 Å². The van der Waals surface area contributed by atoms with Crippen LogP contribution in [-0.2, 0) is 10.3 Å². The normalized spacial score (nSPS) is 20.6. The number of nitrogens with zero attached hydrogens (tertiary/aromatic N) is 4. The molecule has 0 amide bonds. The number of likely N-dealkylation sites (tertiary alicyclic amines) is 1. The molecule has 1 N–H and O–H groups in total. The second kappa shape index (κ2) is 7.76. The number of rotatable bonds is 6. The van der Waals surface area contributed by atoms with Crippen molar-refractivity contribution >= 4 is 0 Å². The van der Waals surface area contributed by atoms with Crippen molar-refractivity contribution in [2.75, 3.05) is 33.4 Å². The van der Waals surface area contributed by atoms with Crippen molar-refractivity contribution in [2.24, 2.45) is 5.41 Å². The third-order valence-corrected chi connectivity index (χ3v) is 6.95. The molecule has 2 fully saturated rings. The minimum absolute atomic E-state index is 0.160. The highest BCUT2D eigenvalue weighted by molar-refractivity contribution is 5.56. The zero-order valence-electron chi connectivity index (χ0n) is 19.1. The van der Waals surface area contributed by atoms with Crippen LogP contribution in [0, 0.1) is 5.41 Å². The monoisotopic (exact) mass is 434 g/mol. The first kappa shape index (κ1) is 21.2. The lowest BCUT2D eigenvalue weighted by molar-refractivity contribution is -0.127. The molecule has 1 unspecified atom stereocenters. The van der Waals surface area contributed by atoms with E-state index in [9.17, 15) is 5.11 Å². The van der Waals surface area contributed by atoms with Gasteiger partial charge in [-0.1, -0.05) is 50.2 Å². The van der Waals surface area contributed by atoms with Gasteiger partial charge in [0.1, 0.15) is 5.60 Å². The van der Waals surface area contributed by atoms with E-state index < -0.39 is 5.60 Å². The van der Waals surface area contributed by atoms with E-state index in [-0.39, 0.29) is 11.3 Å². The fourth-order valence-corrected chi connectivity index (χ4v) is 5.00. The Morgan fingerprint density at radius 1 is 1.12 bits per heavy atom. The van der Waals surface area contributed by atoms with Gasteiger partial charge in [-0.3, -0.25) is 4.98 Å². The predicted octanol–water partition coefficient (Wildman–Crippen LogP) is 3.56. The molecule has 7 heteroatoms. The van der Waals surface area contributed by atoms with E-state index >= 15 is 0 Å². The molecule has 2 aromatic heterocycles. The first-order valence-corrected chi connectivity index (χ1v) is 11.2. The van der Waals surface area contributed by atoms with Gasteiger partial charge in [-0.2, -0.15) is 4.98 Å². The Bertz CT molecular complexity index is 1100. The average Bonchev–Trinajstić information content (AvgIpc) is 3.20. The molecule has 0 spiro atoms. The SMILES string of the molecule is CC(C)c1ccc(C(O)(c2cncc(-c3noc(C4COC4)n3)c2)C2(C)CN(C)C2)cc1. The Kier molecular flexibility index (Phi) is 5.15. The van der Waals surface area contributed by atoms with Crippen LogP contribution in [0.15, 0.2) is 47.2 Å². The van der Waals surface area contributed by atoms with E-state index in [0.29, 0.717) is 30.8 Å². The molecule has 7 nitrogen and oxygen atoms in total. The maximum absolute atomic E-state index is 12.3. The van der Waals surface area contributed by atoms with Gasteiger partial charge in [0.2, 0.25) is 11.7 Å². The van der Waals surface area contributed by atoms with Crippen molar-refractivity contribution in [3.63, 3.8) is 0 Å². The molecule has 2 aliphatic rings. The van der Waals surface area contributed by atoms with Gasteiger partial charge in [-0.15, -0.1) is 0 Å². The van der Waals surface area contributed by atoms with Crippen LogP contribution in [-0.4, -0.2) is 58.5 Å². The summed E-state index contributed by atoms with van der Waals surface area (Å²) in [5, 5.41) is 16.5. The lowest BCUT2D eigenvalue weighted by atomic mass is 9.62. The van der Waals surface area contributed by atoms with Crippen molar-refractivity contribution in [3.8, 4) is 11.4 Å². The molecule has 2 saturated heterocycles. The molecule has 1 aromatic carbocycles. The van der Waals surface area contributed by atoms with Crippen LogP contribution in [0.2, 0.25) is 0 Å². The summed E-state index contributed by atoms with van der Waals surface area (Å²) in [6.07, 6.45) is 3.47. The lowest BCUT2D eigenvalue weighted by Gasteiger charge is -2.55. The summed E-state index contributed by atoms with van der Waals surface area (Å²) in [5.74, 6) is 1.66. The smallest absolute Gasteiger partial charge is 0.234 e. The van der Waals surface area contributed by atoms with E-state index in [4.69, 9.17) is 9.26 Å². The molecule has 0 radical (unpaired) electrons. The number of ether oxygens (including phenoxy) is 1. The summed E-state index contributed by atoms with van der Waals surface area (Å²) >= 11 is 0. The summed E-state index contributed by atoms with van der Waals surface area (Å²) in [4.78, 5) is 11.2. The minimum atomic E-state index is -1.20. The maximum atomic E-state index is 12.3. The Hall–Kier alpha value is -2.61. The van der Waals surface area contributed by atoms with Crippen molar-refractivity contribution in [1.82, 2.24) is 20.0 Å². The van der Waals surface area contributed by atoms with E-state index in [2.05, 4.69) is 72.1 Å². The molecule has 0 aliphatic carbocycles. The molecule has 2 aliphatic heterocycles.